The zero-order valence-electron chi connectivity index (χ0n) is 12.3. The minimum atomic E-state index is -0.332. The molecule has 0 saturated heterocycles. The molecule has 1 saturated carbocycles. The van der Waals surface area contributed by atoms with Crippen molar-refractivity contribution in [3.63, 3.8) is 0 Å². The standard InChI is InChI=1S/C17H24BrNO/c1-11-12-7-3-4-8-13(12)15(18)16(20)14(11)17(19)9-5-2-6-10-17/h20H,2-10,19H2,1H3. The van der Waals surface area contributed by atoms with E-state index in [9.17, 15) is 5.11 Å². The molecule has 0 amide bonds. The van der Waals surface area contributed by atoms with Gasteiger partial charge in [0.05, 0.1) is 4.47 Å². The predicted octanol–water partition coefficient (Wildman–Crippen LogP) is 4.46. The first-order chi connectivity index (χ1) is 9.54. The van der Waals surface area contributed by atoms with Crippen LogP contribution >= 0.6 is 15.9 Å². The largest absolute Gasteiger partial charge is 0.506 e. The molecule has 2 aliphatic carbocycles. The lowest BCUT2D eigenvalue weighted by molar-refractivity contribution is 0.290. The molecule has 3 heteroatoms. The lowest BCUT2D eigenvalue weighted by atomic mass is 9.73. The molecule has 0 atom stereocenters. The molecule has 0 spiro atoms. The zero-order valence-corrected chi connectivity index (χ0v) is 13.9. The second kappa shape index (κ2) is 5.34. The smallest absolute Gasteiger partial charge is 0.135 e. The van der Waals surface area contributed by atoms with Crippen molar-refractivity contribution in [2.45, 2.75) is 70.3 Å². The number of nitrogens with two attached hydrogens (primary N) is 1. The van der Waals surface area contributed by atoms with Crippen molar-refractivity contribution >= 4 is 15.9 Å². The molecule has 1 aromatic carbocycles. The second-order valence-corrected chi connectivity index (χ2v) is 7.34. The van der Waals surface area contributed by atoms with E-state index in [4.69, 9.17) is 5.73 Å². The molecule has 0 radical (unpaired) electrons. The van der Waals surface area contributed by atoms with Crippen molar-refractivity contribution in [3.05, 3.63) is 26.7 Å². The molecule has 3 N–H and O–H groups in total. The number of benzene rings is 1. The van der Waals surface area contributed by atoms with E-state index >= 15 is 0 Å². The van der Waals surface area contributed by atoms with E-state index in [0.717, 1.165) is 35.7 Å². The van der Waals surface area contributed by atoms with Gasteiger partial charge in [-0.1, -0.05) is 19.3 Å². The SMILES string of the molecule is Cc1c2c(c(Br)c(O)c1C1(N)CCCCC1)CCCC2. The van der Waals surface area contributed by atoms with E-state index in [1.165, 1.54) is 48.8 Å². The number of aromatic hydroxyl groups is 1. The molecule has 110 valence electrons. The number of phenolic OH excluding ortho intramolecular Hbond substituents is 1. The molecular formula is C17H24BrNO. The molecule has 2 nitrogen and oxygen atoms in total. The molecule has 0 bridgehead atoms. The fourth-order valence-electron chi connectivity index (χ4n) is 4.18. The third-order valence-corrected chi connectivity index (χ3v) is 6.10. The van der Waals surface area contributed by atoms with Gasteiger partial charge in [-0.2, -0.15) is 0 Å². The van der Waals surface area contributed by atoms with Crippen molar-refractivity contribution in [1.82, 2.24) is 0 Å². The van der Waals surface area contributed by atoms with E-state index in [2.05, 4.69) is 22.9 Å². The average Bonchev–Trinajstić information content (AvgIpc) is 2.46. The summed E-state index contributed by atoms with van der Waals surface area (Å²) in [5, 5.41) is 10.7. The minimum Gasteiger partial charge on any atom is -0.506 e. The van der Waals surface area contributed by atoms with Crippen molar-refractivity contribution < 1.29 is 5.11 Å². The highest BCUT2D eigenvalue weighted by atomic mass is 79.9. The fraction of sp³-hybridized carbons (Fsp3) is 0.647. The minimum absolute atomic E-state index is 0.332. The Morgan fingerprint density at radius 3 is 2.25 bits per heavy atom. The summed E-state index contributed by atoms with van der Waals surface area (Å²) in [5.74, 6) is 0.410. The first-order valence-electron chi connectivity index (χ1n) is 7.87. The van der Waals surface area contributed by atoms with Gasteiger partial charge < -0.3 is 10.8 Å². The number of hydrogen-bond acceptors (Lipinski definition) is 2. The summed E-state index contributed by atoms with van der Waals surface area (Å²) >= 11 is 3.64. The molecule has 0 unspecified atom stereocenters. The van der Waals surface area contributed by atoms with Crippen molar-refractivity contribution in [3.8, 4) is 5.75 Å². The Kier molecular flexibility index (Phi) is 3.85. The third kappa shape index (κ3) is 2.19. The molecule has 1 aromatic rings. The van der Waals surface area contributed by atoms with Crippen LogP contribution in [0.5, 0.6) is 5.75 Å². The maximum atomic E-state index is 10.7. The molecule has 3 rings (SSSR count). The lowest BCUT2D eigenvalue weighted by Gasteiger charge is -2.37. The highest BCUT2D eigenvalue weighted by molar-refractivity contribution is 9.10. The maximum Gasteiger partial charge on any atom is 0.135 e. The number of fused-ring (bicyclic) bond motifs is 1. The average molecular weight is 338 g/mol. The molecule has 0 heterocycles. The van der Waals surface area contributed by atoms with Gasteiger partial charge in [-0.15, -0.1) is 0 Å². The number of phenols is 1. The van der Waals surface area contributed by atoms with E-state index in [1.807, 2.05) is 0 Å². The van der Waals surface area contributed by atoms with Crippen LogP contribution in [0.4, 0.5) is 0 Å². The van der Waals surface area contributed by atoms with E-state index in [1.54, 1.807) is 0 Å². The predicted molar refractivity (Wildman–Crippen MR) is 86.1 cm³/mol. The van der Waals surface area contributed by atoms with E-state index < -0.39 is 0 Å². The number of rotatable bonds is 1. The summed E-state index contributed by atoms with van der Waals surface area (Å²) in [5.41, 5.74) is 11.4. The zero-order chi connectivity index (χ0) is 14.3. The first kappa shape index (κ1) is 14.4. The second-order valence-electron chi connectivity index (χ2n) is 6.54. The van der Waals surface area contributed by atoms with Crippen LogP contribution in [0.25, 0.3) is 0 Å². The lowest BCUT2D eigenvalue weighted by Crippen LogP contribution is -2.39. The Hall–Kier alpha value is -0.540. The highest BCUT2D eigenvalue weighted by Gasteiger charge is 2.36. The Morgan fingerprint density at radius 2 is 1.60 bits per heavy atom. The van der Waals surface area contributed by atoms with Crippen LogP contribution in [0, 0.1) is 6.92 Å². The van der Waals surface area contributed by atoms with Crippen LogP contribution in [0.15, 0.2) is 4.47 Å². The van der Waals surface area contributed by atoms with Crippen LogP contribution in [-0.4, -0.2) is 5.11 Å². The molecule has 1 fully saturated rings. The summed E-state index contributed by atoms with van der Waals surface area (Å²) < 4.78 is 0.906. The molecule has 0 aromatic heterocycles. The van der Waals surface area contributed by atoms with E-state index in [-0.39, 0.29) is 5.54 Å². The summed E-state index contributed by atoms with van der Waals surface area (Å²) in [6, 6.07) is 0. The molecule has 2 aliphatic rings. The molecular weight excluding hydrogens is 314 g/mol. The highest BCUT2D eigenvalue weighted by Crippen LogP contribution is 2.47. The number of halogens is 1. The van der Waals surface area contributed by atoms with Crippen molar-refractivity contribution in [2.75, 3.05) is 0 Å². The van der Waals surface area contributed by atoms with Gasteiger partial charge in [-0.3, -0.25) is 0 Å². The summed E-state index contributed by atoms with van der Waals surface area (Å²) in [4.78, 5) is 0. The normalized spacial score (nSPS) is 21.6. The fourth-order valence-corrected chi connectivity index (χ4v) is 4.82. The third-order valence-electron chi connectivity index (χ3n) is 5.25. The van der Waals surface area contributed by atoms with Gasteiger partial charge in [0.1, 0.15) is 5.75 Å². The van der Waals surface area contributed by atoms with Crippen molar-refractivity contribution in [2.24, 2.45) is 5.73 Å². The van der Waals surface area contributed by atoms with E-state index in [0.29, 0.717) is 5.75 Å². The summed E-state index contributed by atoms with van der Waals surface area (Å²) in [6.07, 6.45) is 10.3. The number of hydrogen-bond donors (Lipinski definition) is 2. The topological polar surface area (TPSA) is 46.2 Å². The maximum absolute atomic E-state index is 10.7. The van der Waals surface area contributed by atoms with Crippen LogP contribution in [0.3, 0.4) is 0 Å². The Balaban J connectivity index is 2.18. The van der Waals surface area contributed by atoms with Crippen LogP contribution in [0.1, 0.15) is 67.2 Å². The summed E-state index contributed by atoms with van der Waals surface area (Å²) in [7, 11) is 0. The van der Waals surface area contributed by atoms with Gasteiger partial charge in [-0.25, -0.2) is 0 Å². The van der Waals surface area contributed by atoms with Gasteiger partial charge in [-0.05, 0) is 78.1 Å². The van der Waals surface area contributed by atoms with Gasteiger partial charge in [0.15, 0.2) is 0 Å². The van der Waals surface area contributed by atoms with Crippen LogP contribution < -0.4 is 5.73 Å². The van der Waals surface area contributed by atoms with Gasteiger partial charge in [0.2, 0.25) is 0 Å². The Morgan fingerprint density at radius 1 is 1.00 bits per heavy atom. The Bertz CT molecular complexity index is 533. The molecule has 20 heavy (non-hydrogen) atoms. The molecule has 0 aliphatic heterocycles. The van der Waals surface area contributed by atoms with Gasteiger partial charge >= 0.3 is 0 Å². The Labute approximate surface area is 129 Å². The van der Waals surface area contributed by atoms with Crippen LogP contribution in [-0.2, 0) is 18.4 Å². The summed E-state index contributed by atoms with van der Waals surface area (Å²) in [6.45, 7) is 2.16. The van der Waals surface area contributed by atoms with Crippen molar-refractivity contribution in [1.29, 1.82) is 0 Å². The monoisotopic (exact) mass is 337 g/mol. The quantitative estimate of drug-likeness (QED) is 0.794. The van der Waals surface area contributed by atoms with Gasteiger partial charge in [0.25, 0.3) is 0 Å². The van der Waals surface area contributed by atoms with Crippen LogP contribution in [0.2, 0.25) is 0 Å². The van der Waals surface area contributed by atoms with Gasteiger partial charge in [0, 0.05) is 11.1 Å². The first-order valence-corrected chi connectivity index (χ1v) is 8.66.